The lowest BCUT2D eigenvalue weighted by molar-refractivity contribution is -0.385. The molecule has 2 unspecified atom stereocenters. The largest absolute Gasteiger partial charge is 0.335 e. The molecule has 1 amide bonds. The van der Waals surface area contributed by atoms with Crippen LogP contribution in [0.3, 0.4) is 0 Å². The van der Waals surface area contributed by atoms with Gasteiger partial charge in [-0.25, -0.2) is 0 Å². The lowest BCUT2D eigenvalue weighted by atomic mass is 9.65. The summed E-state index contributed by atoms with van der Waals surface area (Å²) in [6, 6.07) is 7.27. The molecule has 4 rings (SSSR count). The molecule has 1 aromatic rings. The topological polar surface area (TPSA) is 89.5 Å². The zero-order chi connectivity index (χ0) is 18.3. The van der Waals surface area contributed by atoms with Crippen LogP contribution in [-0.4, -0.2) is 27.8 Å². The number of carbonyl (C=O) groups excluding carboxylic acids is 1. The average molecular weight is 357 g/mol. The van der Waals surface area contributed by atoms with Crippen molar-refractivity contribution in [2.45, 2.75) is 63.6 Å². The highest BCUT2D eigenvalue weighted by Crippen LogP contribution is 2.43. The van der Waals surface area contributed by atoms with E-state index in [1.807, 2.05) is 11.0 Å². The molecule has 6 heteroatoms. The molecule has 0 radical (unpaired) electrons. The van der Waals surface area contributed by atoms with Crippen LogP contribution in [0.5, 0.6) is 0 Å². The second-order valence-electron chi connectivity index (χ2n) is 8.28. The number of benzene rings is 1. The first-order valence-corrected chi connectivity index (χ1v) is 9.83. The lowest BCUT2D eigenvalue weighted by Gasteiger charge is -2.44. The minimum absolute atomic E-state index is 0.0356. The minimum Gasteiger partial charge on any atom is -0.335 e. The molecule has 3 aliphatic carbocycles. The summed E-state index contributed by atoms with van der Waals surface area (Å²) >= 11 is 0. The standard InChI is InChI=1S/C20H27N3O3/c21-19-13-5-3-6-14(19)11-16(10-13)20(24)22(17-8-9-17)12-15-4-1-2-7-18(15)23(25)26/h1-2,4,7,13-14,16-17,19H,3,5-6,8-12,21H2. The maximum Gasteiger partial charge on any atom is 0.274 e. The number of hydrogen-bond acceptors (Lipinski definition) is 4. The van der Waals surface area contributed by atoms with Crippen LogP contribution in [0.15, 0.2) is 24.3 Å². The summed E-state index contributed by atoms with van der Waals surface area (Å²) in [4.78, 5) is 26.2. The van der Waals surface area contributed by atoms with Gasteiger partial charge in [0.15, 0.2) is 0 Å². The lowest BCUT2D eigenvalue weighted by Crippen LogP contribution is -2.50. The molecule has 1 aromatic carbocycles. The van der Waals surface area contributed by atoms with Crippen molar-refractivity contribution >= 4 is 11.6 Å². The number of hydrogen-bond donors (Lipinski definition) is 1. The molecular weight excluding hydrogens is 330 g/mol. The molecule has 2 atom stereocenters. The predicted molar refractivity (Wildman–Crippen MR) is 98.2 cm³/mol. The monoisotopic (exact) mass is 357 g/mol. The Kier molecular flexibility index (Phi) is 4.69. The number of nitro benzene ring substituents is 1. The fraction of sp³-hybridized carbons (Fsp3) is 0.650. The molecule has 0 heterocycles. The first-order valence-electron chi connectivity index (χ1n) is 9.83. The Morgan fingerprint density at radius 2 is 1.81 bits per heavy atom. The molecule has 26 heavy (non-hydrogen) atoms. The van der Waals surface area contributed by atoms with Crippen LogP contribution in [0.1, 0.15) is 50.5 Å². The Morgan fingerprint density at radius 3 is 2.42 bits per heavy atom. The van der Waals surface area contributed by atoms with E-state index >= 15 is 0 Å². The van der Waals surface area contributed by atoms with Gasteiger partial charge in [-0.2, -0.15) is 0 Å². The summed E-state index contributed by atoms with van der Waals surface area (Å²) in [7, 11) is 0. The highest BCUT2D eigenvalue weighted by Gasteiger charge is 2.44. The van der Waals surface area contributed by atoms with E-state index in [0.29, 0.717) is 23.9 Å². The number of fused-ring (bicyclic) bond motifs is 2. The van der Waals surface area contributed by atoms with Gasteiger partial charge in [-0.3, -0.25) is 14.9 Å². The van der Waals surface area contributed by atoms with Crippen molar-refractivity contribution in [3.05, 3.63) is 39.9 Å². The number of para-hydroxylation sites is 1. The van der Waals surface area contributed by atoms with Crippen LogP contribution < -0.4 is 5.73 Å². The Labute approximate surface area is 153 Å². The highest BCUT2D eigenvalue weighted by atomic mass is 16.6. The molecule has 3 fully saturated rings. The summed E-state index contributed by atoms with van der Waals surface area (Å²) in [5.74, 6) is 1.15. The van der Waals surface area contributed by atoms with Gasteiger partial charge in [0, 0.05) is 29.6 Å². The van der Waals surface area contributed by atoms with Crippen molar-refractivity contribution in [1.29, 1.82) is 0 Å². The Bertz CT molecular complexity index is 689. The van der Waals surface area contributed by atoms with Gasteiger partial charge < -0.3 is 10.6 Å². The van der Waals surface area contributed by atoms with Crippen LogP contribution in [0.4, 0.5) is 5.69 Å². The van der Waals surface area contributed by atoms with E-state index in [1.54, 1.807) is 12.1 Å². The van der Waals surface area contributed by atoms with Crippen LogP contribution in [0.25, 0.3) is 0 Å². The van der Waals surface area contributed by atoms with Crippen LogP contribution in [0, 0.1) is 27.9 Å². The molecule has 3 aliphatic rings. The van der Waals surface area contributed by atoms with Gasteiger partial charge in [0.1, 0.15) is 0 Å². The number of carbonyl (C=O) groups is 1. The molecule has 6 nitrogen and oxygen atoms in total. The number of nitrogens with zero attached hydrogens (tertiary/aromatic N) is 2. The van der Waals surface area contributed by atoms with Crippen LogP contribution >= 0.6 is 0 Å². The second-order valence-corrected chi connectivity index (χ2v) is 8.28. The Hall–Kier alpha value is -1.95. The van der Waals surface area contributed by atoms with Crippen molar-refractivity contribution in [2.75, 3.05) is 0 Å². The minimum atomic E-state index is -0.352. The van der Waals surface area contributed by atoms with Gasteiger partial charge in [-0.05, 0) is 50.4 Å². The van der Waals surface area contributed by atoms with Gasteiger partial charge in [0.2, 0.25) is 5.91 Å². The van der Waals surface area contributed by atoms with E-state index in [9.17, 15) is 14.9 Å². The smallest absolute Gasteiger partial charge is 0.274 e. The molecule has 2 N–H and O–H groups in total. The summed E-state index contributed by atoms with van der Waals surface area (Å²) in [6.45, 7) is 0.346. The van der Waals surface area contributed by atoms with Gasteiger partial charge in [0.25, 0.3) is 5.69 Å². The Morgan fingerprint density at radius 1 is 1.15 bits per heavy atom. The third-order valence-electron chi connectivity index (χ3n) is 6.56. The van der Waals surface area contributed by atoms with E-state index in [-0.39, 0.29) is 34.5 Å². The quantitative estimate of drug-likeness (QED) is 0.647. The second kappa shape index (κ2) is 6.99. The van der Waals surface area contributed by atoms with Crippen molar-refractivity contribution < 1.29 is 9.72 Å². The average Bonchev–Trinajstić information content (AvgIpc) is 3.44. The van der Waals surface area contributed by atoms with E-state index in [2.05, 4.69) is 0 Å². The maximum atomic E-state index is 13.3. The van der Waals surface area contributed by atoms with E-state index in [0.717, 1.165) is 38.5 Å². The number of nitro groups is 1. The molecule has 140 valence electrons. The molecular formula is C20H27N3O3. The van der Waals surface area contributed by atoms with Crippen molar-refractivity contribution in [3.8, 4) is 0 Å². The summed E-state index contributed by atoms with van der Waals surface area (Å²) in [5, 5.41) is 11.3. The third kappa shape index (κ3) is 3.34. The van der Waals surface area contributed by atoms with Crippen LogP contribution in [0.2, 0.25) is 0 Å². The van der Waals surface area contributed by atoms with Gasteiger partial charge in [-0.15, -0.1) is 0 Å². The van der Waals surface area contributed by atoms with Crippen molar-refractivity contribution in [2.24, 2.45) is 23.5 Å². The first-order chi connectivity index (χ1) is 12.5. The zero-order valence-corrected chi connectivity index (χ0v) is 15.0. The number of rotatable bonds is 5. The fourth-order valence-electron chi connectivity index (χ4n) is 5.00. The first kappa shape index (κ1) is 17.5. The Balaban J connectivity index is 1.52. The summed E-state index contributed by atoms with van der Waals surface area (Å²) < 4.78 is 0. The number of nitrogens with two attached hydrogens (primary N) is 1. The predicted octanol–water partition coefficient (Wildman–Crippen LogP) is 3.24. The summed E-state index contributed by atoms with van der Waals surface area (Å²) in [6.07, 6.45) is 7.28. The van der Waals surface area contributed by atoms with Crippen molar-refractivity contribution in [3.63, 3.8) is 0 Å². The van der Waals surface area contributed by atoms with Crippen molar-refractivity contribution in [1.82, 2.24) is 4.90 Å². The van der Waals surface area contributed by atoms with E-state index < -0.39 is 0 Å². The van der Waals surface area contributed by atoms with Gasteiger partial charge >= 0.3 is 0 Å². The van der Waals surface area contributed by atoms with E-state index in [4.69, 9.17) is 5.73 Å². The normalized spacial score (nSPS) is 30.7. The van der Waals surface area contributed by atoms with Gasteiger partial charge in [0.05, 0.1) is 11.5 Å². The van der Waals surface area contributed by atoms with Crippen LogP contribution in [-0.2, 0) is 11.3 Å². The molecule has 0 saturated heterocycles. The van der Waals surface area contributed by atoms with Gasteiger partial charge in [-0.1, -0.05) is 24.6 Å². The van der Waals surface area contributed by atoms with E-state index in [1.165, 1.54) is 12.5 Å². The molecule has 2 bridgehead atoms. The summed E-state index contributed by atoms with van der Waals surface area (Å²) in [5.41, 5.74) is 7.11. The SMILES string of the molecule is NC1C2CCCC1CC(C(=O)N(Cc1ccccc1[N+](=O)[O-])C1CC1)C2. The molecule has 0 spiro atoms. The molecule has 0 aliphatic heterocycles. The maximum absolute atomic E-state index is 13.3. The fourth-order valence-corrected chi connectivity index (χ4v) is 5.00. The molecule has 0 aromatic heterocycles. The number of amides is 1. The highest BCUT2D eigenvalue weighted by molar-refractivity contribution is 5.80. The zero-order valence-electron chi connectivity index (χ0n) is 15.0. The molecule has 3 saturated carbocycles. The third-order valence-corrected chi connectivity index (χ3v) is 6.56.